The molecule has 0 heterocycles. The number of carbonyl (C=O) groups excluding carboxylic acids is 1. The molecule has 0 saturated heterocycles. The van der Waals surface area contributed by atoms with E-state index in [2.05, 4.69) is 5.32 Å². The van der Waals surface area contributed by atoms with Crippen LogP contribution in [0.4, 0.5) is 0 Å². The van der Waals surface area contributed by atoms with Gasteiger partial charge in [-0.1, -0.05) is 12.1 Å². The van der Waals surface area contributed by atoms with Crippen LogP contribution >= 0.6 is 0 Å². The average molecular weight is 316 g/mol. The standard InChI is InChI=1S/C17H20N2O4/c1-17(2,3)19-16(22)13(11-18)9-12-5-4-6-14(10-12)23-8-7-15(20)21/h4-6,9-10H,7-8H2,1-3H3,(H,19,22)(H,20,21). The molecular formula is C17H20N2O4. The van der Waals surface area contributed by atoms with Crippen molar-refractivity contribution >= 4 is 18.0 Å². The van der Waals surface area contributed by atoms with Crippen LogP contribution in [0.2, 0.25) is 0 Å². The van der Waals surface area contributed by atoms with Crippen molar-refractivity contribution in [1.82, 2.24) is 5.32 Å². The van der Waals surface area contributed by atoms with Crippen molar-refractivity contribution in [1.29, 1.82) is 5.26 Å². The summed E-state index contributed by atoms with van der Waals surface area (Å²) in [5.41, 5.74) is 0.176. The fraction of sp³-hybridized carbons (Fsp3) is 0.353. The maximum atomic E-state index is 12.0. The summed E-state index contributed by atoms with van der Waals surface area (Å²) in [4.78, 5) is 22.5. The van der Waals surface area contributed by atoms with Crippen LogP contribution in [-0.2, 0) is 9.59 Å². The molecular weight excluding hydrogens is 296 g/mol. The highest BCUT2D eigenvalue weighted by molar-refractivity contribution is 6.02. The van der Waals surface area contributed by atoms with Crippen molar-refractivity contribution in [3.05, 3.63) is 35.4 Å². The number of aliphatic carboxylic acids is 1. The van der Waals surface area contributed by atoms with Crippen molar-refractivity contribution in [2.75, 3.05) is 6.61 Å². The first-order valence-corrected chi connectivity index (χ1v) is 7.10. The zero-order valence-corrected chi connectivity index (χ0v) is 13.4. The van der Waals surface area contributed by atoms with Crippen LogP contribution in [0, 0.1) is 11.3 Å². The maximum Gasteiger partial charge on any atom is 0.306 e. The number of hydrogen-bond acceptors (Lipinski definition) is 4. The molecule has 6 heteroatoms. The molecule has 0 saturated carbocycles. The van der Waals surface area contributed by atoms with Crippen LogP contribution in [-0.4, -0.2) is 29.1 Å². The predicted molar refractivity (Wildman–Crippen MR) is 85.7 cm³/mol. The van der Waals surface area contributed by atoms with E-state index in [0.29, 0.717) is 11.3 Å². The Bertz CT molecular complexity index is 651. The van der Waals surface area contributed by atoms with Crippen LogP contribution < -0.4 is 10.1 Å². The molecule has 1 amide bonds. The lowest BCUT2D eigenvalue weighted by Crippen LogP contribution is -2.41. The monoisotopic (exact) mass is 316 g/mol. The summed E-state index contributed by atoms with van der Waals surface area (Å²) >= 11 is 0. The minimum Gasteiger partial charge on any atom is -0.493 e. The van der Waals surface area contributed by atoms with E-state index in [-0.39, 0.29) is 18.6 Å². The average Bonchev–Trinajstić information content (AvgIpc) is 2.43. The highest BCUT2D eigenvalue weighted by Gasteiger charge is 2.17. The van der Waals surface area contributed by atoms with E-state index < -0.39 is 17.4 Å². The van der Waals surface area contributed by atoms with E-state index in [1.807, 2.05) is 26.8 Å². The number of nitriles is 1. The van der Waals surface area contributed by atoms with Crippen LogP contribution in [0.15, 0.2) is 29.8 Å². The summed E-state index contributed by atoms with van der Waals surface area (Å²) in [6.45, 7) is 5.54. The minimum atomic E-state index is -0.938. The molecule has 1 rings (SSSR count). The second-order valence-corrected chi connectivity index (χ2v) is 5.94. The van der Waals surface area contributed by atoms with Crippen molar-refractivity contribution in [3.8, 4) is 11.8 Å². The Hall–Kier alpha value is -2.81. The number of amides is 1. The van der Waals surface area contributed by atoms with Gasteiger partial charge in [-0.3, -0.25) is 9.59 Å². The number of rotatable bonds is 6. The fourth-order valence-electron chi connectivity index (χ4n) is 1.67. The molecule has 0 bridgehead atoms. The number of carboxylic acids is 1. The van der Waals surface area contributed by atoms with Gasteiger partial charge in [0.05, 0.1) is 13.0 Å². The molecule has 122 valence electrons. The number of hydrogen-bond donors (Lipinski definition) is 2. The number of ether oxygens (including phenoxy) is 1. The van der Waals surface area contributed by atoms with Crippen molar-refractivity contribution in [3.63, 3.8) is 0 Å². The van der Waals surface area contributed by atoms with Gasteiger partial charge >= 0.3 is 5.97 Å². The lowest BCUT2D eigenvalue weighted by molar-refractivity contribution is -0.137. The summed E-state index contributed by atoms with van der Waals surface area (Å²) in [6.07, 6.45) is 1.36. The Morgan fingerprint density at radius 1 is 1.39 bits per heavy atom. The van der Waals surface area contributed by atoms with E-state index in [0.717, 1.165) is 0 Å². The zero-order chi connectivity index (χ0) is 17.5. The Labute approximate surface area is 135 Å². The van der Waals surface area contributed by atoms with Gasteiger partial charge in [-0.25, -0.2) is 0 Å². The summed E-state index contributed by atoms with van der Waals surface area (Å²) in [6, 6.07) is 8.64. The summed E-state index contributed by atoms with van der Waals surface area (Å²) in [5, 5.41) is 20.5. The predicted octanol–water partition coefficient (Wildman–Crippen LogP) is 2.36. The van der Waals surface area contributed by atoms with Gasteiger partial charge in [-0.05, 0) is 44.5 Å². The van der Waals surface area contributed by atoms with Gasteiger partial charge in [-0.2, -0.15) is 5.26 Å². The minimum absolute atomic E-state index is 0.0115. The molecule has 1 aromatic rings. The largest absolute Gasteiger partial charge is 0.493 e. The number of carbonyl (C=O) groups is 2. The van der Waals surface area contributed by atoms with E-state index in [1.54, 1.807) is 24.3 Å². The molecule has 0 aromatic heterocycles. The first-order chi connectivity index (χ1) is 10.7. The Morgan fingerprint density at radius 2 is 2.09 bits per heavy atom. The summed E-state index contributed by atoms with van der Waals surface area (Å²) in [5.74, 6) is -0.905. The zero-order valence-electron chi connectivity index (χ0n) is 13.4. The first-order valence-electron chi connectivity index (χ1n) is 7.10. The van der Waals surface area contributed by atoms with E-state index in [1.165, 1.54) is 6.08 Å². The van der Waals surface area contributed by atoms with Crippen molar-refractivity contribution in [2.24, 2.45) is 0 Å². The van der Waals surface area contributed by atoms with Gasteiger partial charge in [0.2, 0.25) is 0 Å². The summed E-state index contributed by atoms with van der Waals surface area (Å²) < 4.78 is 5.32. The molecule has 0 fully saturated rings. The van der Waals surface area contributed by atoms with Crippen molar-refractivity contribution in [2.45, 2.75) is 32.7 Å². The third-order valence-corrected chi connectivity index (χ3v) is 2.61. The van der Waals surface area contributed by atoms with E-state index in [4.69, 9.17) is 15.1 Å². The maximum absolute atomic E-state index is 12.0. The molecule has 6 nitrogen and oxygen atoms in total. The SMILES string of the molecule is CC(C)(C)NC(=O)C(C#N)=Cc1cccc(OCCC(=O)O)c1. The van der Waals surface area contributed by atoms with Gasteiger partial charge in [0.1, 0.15) is 17.4 Å². The lowest BCUT2D eigenvalue weighted by atomic mass is 10.1. The highest BCUT2D eigenvalue weighted by Crippen LogP contribution is 2.16. The lowest BCUT2D eigenvalue weighted by Gasteiger charge is -2.20. The normalized spacial score (nSPS) is 11.5. The second kappa shape index (κ2) is 7.99. The van der Waals surface area contributed by atoms with Gasteiger partial charge in [-0.15, -0.1) is 0 Å². The molecule has 1 aromatic carbocycles. The smallest absolute Gasteiger partial charge is 0.306 e. The molecule has 0 aliphatic heterocycles. The topological polar surface area (TPSA) is 99.4 Å². The fourth-order valence-corrected chi connectivity index (χ4v) is 1.67. The van der Waals surface area contributed by atoms with E-state index in [9.17, 15) is 9.59 Å². The third kappa shape index (κ3) is 7.14. The number of benzene rings is 1. The molecule has 23 heavy (non-hydrogen) atoms. The van der Waals surface area contributed by atoms with Gasteiger partial charge in [0.15, 0.2) is 0 Å². The first kappa shape index (κ1) is 18.2. The molecule has 0 spiro atoms. The highest BCUT2D eigenvalue weighted by atomic mass is 16.5. The van der Waals surface area contributed by atoms with Crippen LogP contribution in [0.25, 0.3) is 6.08 Å². The molecule has 0 aliphatic rings. The Kier molecular flexibility index (Phi) is 6.34. The number of nitrogens with one attached hydrogen (secondary N) is 1. The van der Waals surface area contributed by atoms with Gasteiger partial charge in [0, 0.05) is 5.54 Å². The molecule has 0 atom stereocenters. The molecule has 0 radical (unpaired) electrons. The number of nitrogens with zero attached hydrogens (tertiary/aromatic N) is 1. The van der Waals surface area contributed by atoms with Crippen LogP contribution in [0.5, 0.6) is 5.75 Å². The van der Waals surface area contributed by atoms with Gasteiger partial charge < -0.3 is 15.2 Å². The van der Waals surface area contributed by atoms with Crippen LogP contribution in [0.3, 0.4) is 0 Å². The Balaban J connectivity index is 2.86. The second-order valence-electron chi connectivity index (χ2n) is 5.94. The molecule has 2 N–H and O–H groups in total. The molecule has 0 unspecified atom stereocenters. The third-order valence-electron chi connectivity index (χ3n) is 2.61. The van der Waals surface area contributed by atoms with Crippen molar-refractivity contribution < 1.29 is 19.4 Å². The number of carboxylic acid groups (broad SMARTS) is 1. The molecule has 0 aliphatic carbocycles. The Morgan fingerprint density at radius 3 is 2.65 bits per heavy atom. The van der Waals surface area contributed by atoms with Crippen LogP contribution in [0.1, 0.15) is 32.8 Å². The quantitative estimate of drug-likeness (QED) is 0.620. The summed E-state index contributed by atoms with van der Waals surface area (Å²) in [7, 11) is 0. The van der Waals surface area contributed by atoms with Gasteiger partial charge in [0.25, 0.3) is 5.91 Å². The van der Waals surface area contributed by atoms with E-state index >= 15 is 0 Å².